The van der Waals surface area contributed by atoms with E-state index in [2.05, 4.69) is 0 Å². The molecule has 0 aliphatic heterocycles. The lowest BCUT2D eigenvalue weighted by atomic mass is 10.0. The molecule has 0 aliphatic rings. The molecule has 0 aliphatic carbocycles. The predicted molar refractivity (Wildman–Crippen MR) is 151 cm³/mol. The maximum atomic E-state index is 13.0. The maximum Gasteiger partial charge on any atom is 0.343 e. The molecule has 1 aromatic heterocycles. The zero-order valence-electron chi connectivity index (χ0n) is 20.7. The van der Waals surface area contributed by atoms with E-state index in [-0.39, 0.29) is 22.5 Å². The lowest BCUT2D eigenvalue weighted by Gasteiger charge is -2.08. The molecule has 5 nitrogen and oxygen atoms in total. The van der Waals surface area contributed by atoms with Gasteiger partial charge in [-0.2, -0.15) is 0 Å². The second-order valence-corrected chi connectivity index (χ2v) is 8.91. The van der Waals surface area contributed by atoms with Crippen molar-refractivity contribution < 1.29 is 18.7 Å². The van der Waals surface area contributed by atoms with Crippen LogP contribution in [0.4, 0.5) is 0 Å². The van der Waals surface area contributed by atoms with Gasteiger partial charge in [-0.25, -0.2) is 4.79 Å². The second kappa shape index (κ2) is 10.5. The highest BCUT2D eigenvalue weighted by Gasteiger charge is 2.13. The van der Waals surface area contributed by atoms with Crippen LogP contribution in [0.2, 0.25) is 0 Å². The Morgan fingerprint density at radius 1 is 0.590 bits per heavy atom. The van der Waals surface area contributed by atoms with Crippen molar-refractivity contribution in [2.75, 3.05) is 0 Å². The van der Waals surface area contributed by atoms with Crippen LogP contribution in [0.25, 0.3) is 33.2 Å². The van der Waals surface area contributed by atoms with Crippen LogP contribution < -0.4 is 14.9 Å². The van der Waals surface area contributed by atoms with E-state index in [1.807, 2.05) is 84.9 Å². The van der Waals surface area contributed by atoms with E-state index in [0.717, 1.165) is 22.3 Å². The summed E-state index contributed by atoms with van der Waals surface area (Å²) in [7, 11) is 0. The van der Waals surface area contributed by atoms with Crippen LogP contribution in [0.3, 0.4) is 0 Å². The van der Waals surface area contributed by atoms with Gasteiger partial charge in [0.15, 0.2) is 0 Å². The highest BCUT2D eigenvalue weighted by atomic mass is 16.5. The molecule has 0 radical (unpaired) electrons. The second-order valence-electron chi connectivity index (χ2n) is 8.91. The van der Waals surface area contributed by atoms with Gasteiger partial charge in [-0.05, 0) is 58.7 Å². The average molecular weight is 511 g/mol. The molecule has 39 heavy (non-hydrogen) atoms. The summed E-state index contributed by atoms with van der Waals surface area (Å²) in [4.78, 5) is 25.7. The van der Waals surface area contributed by atoms with Gasteiger partial charge in [0.05, 0.1) is 10.9 Å². The fourth-order valence-electron chi connectivity index (χ4n) is 4.29. The number of rotatable bonds is 6. The largest absolute Gasteiger partial charge is 0.460 e. The zero-order valence-corrected chi connectivity index (χ0v) is 20.7. The van der Waals surface area contributed by atoms with Gasteiger partial charge in [0.25, 0.3) is 0 Å². The van der Waals surface area contributed by atoms with Gasteiger partial charge in [-0.15, -0.1) is 0 Å². The molecule has 0 fully saturated rings. The molecule has 6 rings (SSSR count). The van der Waals surface area contributed by atoms with E-state index in [0.29, 0.717) is 16.7 Å². The third kappa shape index (κ3) is 5.20. The van der Waals surface area contributed by atoms with Crippen molar-refractivity contribution in [3.63, 3.8) is 0 Å². The van der Waals surface area contributed by atoms with Crippen LogP contribution in [0, 0.1) is 0 Å². The maximum absolute atomic E-state index is 13.0. The van der Waals surface area contributed by atoms with Crippen molar-refractivity contribution in [3.8, 4) is 39.5 Å². The molecule has 0 N–H and O–H groups in total. The molecule has 0 amide bonds. The van der Waals surface area contributed by atoms with Crippen molar-refractivity contribution in [2.45, 2.75) is 0 Å². The quantitative estimate of drug-likeness (QED) is 0.167. The summed E-state index contributed by atoms with van der Waals surface area (Å²) in [5.41, 5.74) is 4.59. The topological polar surface area (TPSA) is 65.7 Å². The van der Waals surface area contributed by atoms with Crippen molar-refractivity contribution >= 4 is 16.9 Å². The monoisotopic (exact) mass is 510 g/mol. The number of ether oxygens (including phenoxy) is 2. The minimum atomic E-state index is -0.504. The van der Waals surface area contributed by atoms with Gasteiger partial charge < -0.3 is 13.9 Å². The third-order valence-electron chi connectivity index (χ3n) is 6.34. The first-order valence-corrected chi connectivity index (χ1v) is 12.4. The Bertz CT molecular complexity index is 1810. The van der Waals surface area contributed by atoms with Crippen molar-refractivity contribution in [1.82, 2.24) is 0 Å². The van der Waals surface area contributed by atoms with Crippen LogP contribution in [-0.4, -0.2) is 5.97 Å². The molecule has 0 bridgehead atoms. The number of carbonyl (C=O) groups is 1. The molecule has 6 aromatic rings. The van der Waals surface area contributed by atoms with Crippen LogP contribution in [0.15, 0.2) is 143 Å². The van der Waals surface area contributed by atoms with Gasteiger partial charge in [-0.3, -0.25) is 4.79 Å². The third-order valence-corrected chi connectivity index (χ3v) is 6.34. The molecule has 0 spiro atoms. The van der Waals surface area contributed by atoms with Crippen molar-refractivity contribution in [2.24, 2.45) is 0 Å². The SMILES string of the molecule is O=C(Oc1ccc2c(=O)c(Oc3ccc(-c4ccccc4)cc3)coc2c1)c1ccc(-c2ccccc2)cc1. The summed E-state index contributed by atoms with van der Waals surface area (Å²) >= 11 is 0. The first-order valence-electron chi connectivity index (χ1n) is 12.4. The van der Waals surface area contributed by atoms with E-state index in [4.69, 9.17) is 13.9 Å². The van der Waals surface area contributed by atoms with Crippen molar-refractivity contribution in [1.29, 1.82) is 0 Å². The molecular weight excluding hydrogens is 488 g/mol. The van der Waals surface area contributed by atoms with Gasteiger partial charge in [0.2, 0.25) is 11.2 Å². The predicted octanol–water partition coefficient (Wildman–Crippen LogP) is 8.14. The number of carbonyl (C=O) groups excluding carboxylic acids is 1. The first kappa shape index (κ1) is 23.9. The Morgan fingerprint density at radius 3 is 1.74 bits per heavy atom. The van der Waals surface area contributed by atoms with Crippen LogP contribution in [0.1, 0.15) is 10.4 Å². The molecule has 0 unspecified atom stereocenters. The van der Waals surface area contributed by atoms with Gasteiger partial charge in [0.1, 0.15) is 23.3 Å². The Kier molecular flexibility index (Phi) is 6.46. The van der Waals surface area contributed by atoms with E-state index >= 15 is 0 Å². The summed E-state index contributed by atoms with van der Waals surface area (Å²) in [6, 6.07) is 39.2. The summed E-state index contributed by atoms with van der Waals surface area (Å²) in [5, 5.41) is 0.320. The van der Waals surface area contributed by atoms with Crippen LogP contribution in [0.5, 0.6) is 17.2 Å². The minimum Gasteiger partial charge on any atom is -0.460 e. The minimum absolute atomic E-state index is 0.0678. The molecular formula is C34H22O5. The Hall–Kier alpha value is -5.42. The van der Waals surface area contributed by atoms with Crippen LogP contribution >= 0.6 is 0 Å². The average Bonchev–Trinajstić information content (AvgIpc) is 3.00. The summed E-state index contributed by atoms with van der Waals surface area (Å²) < 4.78 is 17.0. The molecule has 188 valence electrons. The lowest BCUT2D eigenvalue weighted by molar-refractivity contribution is 0.0735. The lowest BCUT2D eigenvalue weighted by Crippen LogP contribution is -2.09. The van der Waals surface area contributed by atoms with E-state index in [9.17, 15) is 9.59 Å². The van der Waals surface area contributed by atoms with Gasteiger partial charge in [-0.1, -0.05) is 84.9 Å². The molecule has 0 saturated heterocycles. The standard InChI is InChI=1S/C34H22O5/c35-33-30-20-19-29(39-34(36)27-13-11-25(12-14-27)23-7-3-1-4-8-23)21-31(30)37-22-32(33)38-28-17-15-26(16-18-28)24-9-5-2-6-10-24/h1-22H. The number of fused-ring (bicyclic) bond motifs is 1. The zero-order chi connectivity index (χ0) is 26.6. The molecule has 5 aromatic carbocycles. The number of benzene rings is 5. The Morgan fingerprint density at radius 2 is 1.13 bits per heavy atom. The first-order chi connectivity index (χ1) is 19.1. The highest BCUT2D eigenvalue weighted by molar-refractivity contribution is 5.92. The van der Waals surface area contributed by atoms with E-state index in [1.165, 1.54) is 12.3 Å². The Balaban J connectivity index is 1.17. The molecule has 0 atom stereocenters. The number of hydrogen-bond acceptors (Lipinski definition) is 5. The van der Waals surface area contributed by atoms with Crippen LogP contribution in [-0.2, 0) is 0 Å². The fraction of sp³-hybridized carbons (Fsp3) is 0. The molecule has 0 saturated carbocycles. The highest BCUT2D eigenvalue weighted by Crippen LogP contribution is 2.27. The number of hydrogen-bond donors (Lipinski definition) is 0. The summed E-state index contributed by atoms with van der Waals surface area (Å²) in [6.45, 7) is 0. The van der Waals surface area contributed by atoms with Gasteiger partial charge in [0, 0.05) is 6.07 Å². The smallest absolute Gasteiger partial charge is 0.343 e. The normalized spacial score (nSPS) is 10.8. The fourth-order valence-corrected chi connectivity index (χ4v) is 4.29. The van der Waals surface area contributed by atoms with Gasteiger partial charge >= 0.3 is 5.97 Å². The molecule has 5 heteroatoms. The molecule has 1 heterocycles. The van der Waals surface area contributed by atoms with E-state index in [1.54, 1.807) is 36.4 Å². The van der Waals surface area contributed by atoms with E-state index < -0.39 is 5.97 Å². The summed E-state index contributed by atoms with van der Waals surface area (Å²) in [6.07, 6.45) is 1.27. The number of esters is 1. The summed E-state index contributed by atoms with van der Waals surface area (Å²) in [5.74, 6) is 0.353. The van der Waals surface area contributed by atoms with Crippen molar-refractivity contribution in [3.05, 3.63) is 149 Å². The Labute approximate surface area is 224 Å².